The Bertz CT molecular complexity index is 403. The van der Waals surface area contributed by atoms with Gasteiger partial charge in [-0.15, -0.1) is 11.3 Å². The first-order valence-corrected chi connectivity index (χ1v) is 9.71. The first-order valence-electron chi connectivity index (χ1n) is 7.19. The van der Waals surface area contributed by atoms with Crippen LogP contribution in [0.5, 0.6) is 0 Å². The summed E-state index contributed by atoms with van der Waals surface area (Å²) in [6.45, 7) is 9.37. The fourth-order valence-corrected chi connectivity index (χ4v) is 5.70. The van der Waals surface area contributed by atoms with E-state index in [4.69, 9.17) is 0 Å². The van der Waals surface area contributed by atoms with E-state index in [1.54, 1.807) is 0 Å². The maximum absolute atomic E-state index is 3.95. The summed E-state index contributed by atoms with van der Waals surface area (Å²) in [4.78, 5) is 3.43. The number of hydrogen-bond acceptors (Lipinski definition) is 1. The standard InChI is InChI=1S/C16H24Br2S/c1-10-13(17)9-14(19-10)15(18)11-5-7-12(8-6-11)16(2,3)4/h9,11-12,15H,5-8H2,1-4H3. The highest BCUT2D eigenvalue weighted by Gasteiger charge is 2.33. The van der Waals surface area contributed by atoms with E-state index in [1.807, 2.05) is 11.3 Å². The van der Waals surface area contributed by atoms with Crippen molar-refractivity contribution in [2.75, 3.05) is 0 Å². The number of alkyl halides is 1. The van der Waals surface area contributed by atoms with Crippen LogP contribution in [0.25, 0.3) is 0 Å². The smallest absolute Gasteiger partial charge is 0.0517 e. The Morgan fingerprint density at radius 2 is 1.79 bits per heavy atom. The molecule has 0 spiro atoms. The van der Waals surface area contributed by atoms with Crippen molar-refractivity contribution in [3.05, 3.63) is 20.3 Å². The largest absolute Gasteiger partial charge is 0.143 e. The van der Waals surface area contributed by atoms with Gasteiger partial charge in [0.05, 0.1) is 4.83 Å². The Hall–Kier alpha value is 0.660. The molecular formula is C16H24Br2S. The van der Waals surface area contributed by atoms with Crippen LogP contribution in [0.4, 0.5) is 0 Å². The Kier molecular flexibility index (Phi) is 5.23. The SMILES string of the molecule is Cc1sc(C(Br)C2CCC(C(C)(C)C)CC2)cc1Br. The first kappa shape index (κ1) is 16.0. The molecule has 1 aromatic heterocycles. The van der Waals surface area contributed by atoms with E-state index in [0.29, 0.717) is 10.2 Å². The molecule has 19 heavy (non-hydrogen) atoms. The third-order valence-electron chi connectivity index (χ3n) is 4.56. The van der Waals surface area contributed by atoms with Gasteiger partial charge in [0, 0.05) is 14.2 Å². The quantitative estimate of drug-likeness (QED) is 0.458. The second-order valence-electron chi connectivity index (χ2n) is 6.93. The zero-order chi connectivity index (χ0) is 14.2. The summed E-state index contributed by atoms with van der Waals surface area (Å²) in [7, 11) is 0. The molecular weight excluding hydrogens is 384 g/mol. The molecule has 0 bridgehead atoms. The molecule has 3 heteroatoms. The Labute approximate surface area is 138 Å². The molecule has 0 amide bonds. The molecule has 1 aliphatic rings. The van der Waals surface area contributed by atoms with Crippen LogP contribution in [-0.4, -0.2) is 0 Å². The Balaban J connectivity index is 1.98. The third kappa shape index (κ3) is 3.85. The van der Waals surface area contributed by atoms with E-state index >= 15 is 0 Å². The van der Waals surface area contributed by atoms with Crippen LogP contribution in [0.15, 0.2) is 10.5 Å². The van der Waals surface area contributed by atoms with Crippen LogP contribution in [0.3, 0.4) is 0 Å². The Morgan fingerprint density at radius 1 is 1.21 bits per heavy atom. The lowest BCUT2D eigenvalue weighted by atomic mass is 9.69. The summed E-state index contributed by atoms with van der Waals surface area (Å²) in [5.74, 6) is 1.71. The number of rotatable bonds is 2. The van der Waals surface area contributed by atoms with Gasteiger partial charge in [-0.05, 0) is 71.9 Å². The van der Waals surface area contributed by atoms with Crippen molar-refractivity contribution >= 4 is 43.2 Å². The lowest BCUT2D eigenvalue weighted by Crippen LogP contribution is -2.26. The Morgan fingerprint density at radius 3 is 2.21 bits per heavy atom. The molecule has 1 aromatic rings. The summed E-state index contributed by atoms with van der Waals surface area (Å²) in [5.41, 5.74) is 0.481. The maximum Gasteiger partial charge on any atom is 0.0517 e. The van der Waals surface area contributed by atoms with Gasteiger partial charge >= 0.3 is 0 Å². The average Bonchev–Trinajstić information content (AvgIpc) is 2.68. The van der Waals surface area contributed by atoms with Gasteiger partial charge in [-0.25, -0.2) is 0 Å². The van der Waals surface area contributed by atoms with E-state index in [9.17, 15) is 0 Å². The van der Waals surface area contributed by atoms with Gasteiger partial charge in [-0.1, -0.05) is 36.7 Å². The predicted molar refractivity (Wildman–Crippen MR) is 93.3 cm³/mol. The molecule has 0 saturated heterocycles. The second-order valence-corrected chi connectivity index (χ2v) is 10.1. The molecule has 1 heterocycles. The van der Waals surface area contributed by atoms with E-state index < -0.39 is 0 Å². The van der Waals surface area contributed by atoms with Crippen LogP contribution in [0.2, 0.25) is 0 Å². The van der Waals surface area contributed by atoms with Gasteiger partial charge in [-0.3, -0.25) is 0 Å². The molecule has 1 saturated carbocycles. The van der Waals surface area contributed by atoms with Crippen molar-refractivity contribution < 1.29 is 0 Å². The highest BCUT2D eigenvalue weighted by atomic mass is 79.9. The lowest BCUT2D eigenvalue weighted by molar-refractivity contribution is 0.150. The van der Waals surface area contributed by atoms with Crippen LogP contribution in [0.1, 0.15) is 61.0 Å². The zero-order valence-corrected chi connectivity index (χ0v) is 16.3. The molecule has 0 nitrogen and oxygen atoms in total. The molecule has 2 rings (SSSR count). The van der Waals surface area contributed by atoms with Crippen molar-refractivity contribution in [2.24, 2.45) is 17.3 Å². The molecule has 0 N–H and O–H groups in total. The van der Waals surface area contributed by atoms with Gasteiger partial charge in [0.2, 0.25) is 0 Å². The lowest BCUT2D eigenvalue weighted by Gasteiger charge is -2.38. The minimum Gasteiger partial charge on any atom is -0.143 e. The fraction of sp³-hybridized carbons (Fsp3) is 0.750. The predicted octanol–water partition coefficient (Wildman–Crippen LogP) is 7.11. The molecule has 0 aliphatic heterocycles. The normalized spacial score (nSPS) is 26.4. The highest BCUT2D eigenvalue weighted by Crippen LogP contribution is 2.48. The molecule has 1 aliphatic carbocycles. The molecule has 0 aromatic carbocycles. The van der Waals surface area contributed by atoms with Crippen LogP contribution in [-0.2, 0) is 0 Å². The summed E-state index contributed by atoms with van der Waals surface area (Å²) >= 11 is 9.52. The van der Waals surface area contributed by atoms with Gasteiger partial charge in [0.15, 0.2) is 0 Å². The summed E-state index contributed by atoms with van der Waals surface area (Å²) in [5, 5.41) is 0. The van der Waals surface area contributed by atoms with E-state index in [2.05, 4.69) is 65.6 Å². The van der Waals surface area contributed by atoms with E-state index in [-0.39, 0.29) is 0 Å². The topological polar surface area (TPSA) is 0 Å². The molecule has 1 atom stereocenters. The van der Waals surface area contributed by atoms with Crippen LogP contribution < -0.4 is 0 Å². The average molecular weight is 408 g/mol. The number of hydrogen-bond donors (Lipinski definition) is 0. The highest BCUT2D eigenvalue weighted by molar-refractivity contribution is 9.10. The fourth-order valence-electron chi connectivity index (χ4n) is 3.13. The van der Waals surface area contributed by atoms with E-state index in [0.717, 1.165) is 11.8 Å². The minimum absolute atomic E-state index is 0.481. The van der Waals surface area contributed by atoms with Crippen LogP contribution >= 0.6 is 43.2 Å². The van der Waals surface area contributed by atoms with Crippen molar-refractivity contribution in [3.8, 4) is 0 Å². The van der Waals surface area contributed by atoms with Gasteiger partial charge < -0.3 is 0 Å². The van der Waals surface area contributed by atoms with Gasteiger partial charge in [0.1, 0.15) is 0 Å². The minimum atomic E-state index is 0.481. The molecule has 1 fully saturated rings. The number of thiophene rings is 1. The summed E-state index contributed by atoms with van der Waals surface area (Å²) in [6, 6.07) is 2.30. The van der Waals surface area contributed by atoms with Crippen molar-refractivity contribution in [1.29, 1.82) is 0 Å². The second kappa shape index (κ2) is 6.19. The summed E-state index contributed by atoms with van der Waals surface area (Å²) in [6.07, 6.45) is 5.52. The summed E-state index contributed by atoms with van der Waals surface area (Å²) < 4.78 is 1.26. The monoisotopic (exact) mass is 406 g/mol. The zero-order valence-electron chi connectivity index (χ0n) is 12.3. The van der Waals surface area contributed by atoms with Gasteiger partial charge in [-0.2, -0.15) is 0 Å². The number of halogens is 2. The molecule has 0 radical (unpaired) electrons. The van der Waals surface area contributed by atoms with E-state index in [1.165, 1.54) is 39.9 Å². The van der Waals surface area contributed by atoms with Crippen molar-refractivity contribution in [2.45, 2.75) is 58.2 Å². The van der Waals surface area contributed by atoms with Crippen molar-refractivity contribution in [3.63, 3.8) is 0 Å². The molecule has 1 unspecified atom stereocenters. The van der Waals surface area contributed by atoms with Gasteiger partial charge in [0.25, 0.3) is 0 Å². The number of aryl methyl sites for hydroxylation is 1. The third-order valence-corrected chi connectivity index (χ3v) is 8.32. The van der Waals surface area contributed by atoms with Crippen molar-refractivity contribution in [1.82, 2.24) is 0 Å². The maximum atomic E-state index is 3.95. The molecule has 108 valence electrons. The van der Waals surface area contributed by atoms with Crippen LogP contribution in [0, 0.1) is 24.2 Å². The first-order chi connectivity index (χ1) is 8.79.